The van der Waals surface area contributed by atoms with E-state index in [0.717, 1.165) is 19.5 Å². The van der Waals surface area contributed by atoms with E-state index in [0.29, 0.717) is 6.42 Å². The summed E-state index contributed by atoms with van der Waals surface area (Å²) in [6, 6.07) is 0.199. The second-order valence-electron chi connectivity index (χ2n) is 2.58. The molecule has 2 nitrogen and oxygen atoms in total. The summed E-state index contributed by atoms with van der Waals surface area (Å²) in [6.07, 6.45) is 1.56. The zero-order valence-electron chi connectivity index (χ0n) is 6.57. The van der Waals surface area contributed by atoms with Gasteiger partial charge in [0.2, 0.25) is 0 Å². The highest BCUT2D eigenvalue weighted by Crippen LogP contribution is 1.86. The van der Waals surface area contributed by atoms with Gasteiger partial charge in [-0.05, 0) is 26.3 Å². The van der Waals surface area contributed by atoms with E-state index in [-0.39, 0.29) is 12.7 Å². The molecule has 0 aromatic carbocycles. The molecule has 0 saturated carbocycles. The Morgan fingerprint density at radius 2 is 2.20 bits per heavy atom. The highest BCUT2D eigenvalue weighted by atomic mass is 19.1. The first-order valence-electron chi connectivity index (χ1n) is 3.79. The van der Waals surface area contributed by atoms with Crippen LogP contribution in [-0.4, -0.2) is 25.8 Å². The summed E-state index contributed by atoms with van der Waals surface area (Å²) >= 11 is 0. The lowest BCUT2D eigenvalue weighted by atomic mass is 10.3. The van der Waals surface area contributed by atoms with Crippen LogP contribution in [-0.2, 0) is 0 Å². The van der Waals surface area contributed by atoms with Crippen LogP contribution in [0, 0.1) is 0 Å². The summed E-state index contributed by atoms with van der Waals surface area (Å²) in [6.45, 7) is 3.44. The van der Waals surface area contributed by atoms with Crippen molar-refractivity contribution in [2.75, 3.05) is 19.8 Å². The lowest BCUT2D eigenvalue weighted by Gasteiger charge is -2.05. The molecule has 62 valence electrons. The Kier molecular flexibility index (Phi) is 6.86. The average Bonchev–Trinajstić information content (AvgIpc) is 1.87. The molecule has 0 aliphatic rings. The number of unbranched alkanes of at least 4 members (excludes halogenated alkanes) is 1. The summed E-state index contributed by atoms with van der Waals surface area (Å²) < 4.78 is 11.5. The number of nitrogens with two attached hydrogens (primary N) is 1. The normalized spacial score (nSPS) is 13.5. The number of halogens is 1. The summed E-state index contributed by atoms with van der Waals surface area (Å²) in [4.78, 5) is 0. The molecular weight excluding hydrogens is 131 g/mol. The van der Waals surface area contributed by atoms with Gasteiger partial charge in [-0.15, -0.1) is 0 Å². The van der Waals surface area contributed by atoms with E-state index in [1.165, 1.54) is 0 Å². The van der Waals surface area contributed by atoms with Crippen LogP contribution in [0.15, 0.2) is 0 Å². The quantitative estimate of drug-likeness (QED) is 0.543. The minimum atomic E-state index is -0.208. The number of hydrogen-bond acceptors (Lipinski definition) is 2. The molecule has 0 aliphatic carbocycles. The number of alkyl halides is 1. The Hall–Kier alpha value is -0.150. The van der Waals surface area contributed by atoms with Gasteiger partial charge < -0.3 is 11.1 Å². The minimum absolute atomic E-state index is 0.199. The predicted octanol–water partition coefficient (Wildman–Crippen LogP) is 0.673. The van der Waals surface area contributed by atoms with Gasteiger partial charge in [-0.2, -0.15) is 0 Å². The lowest BCUT2D eigenvalue weighted by Crippen LogP contribution is -2.31. The van der Waals surface area contributed by atoms with E-state index in [2.05, 4.69) is 5.32 Å². The molecule has 0 rings (SSSR count). The Morgan fingerprint density at radius 1 is 1.50 bits per heavy atom. The van der Waals surface area contributed by atoms with Crippen molar-refractivity contribution >= 4 is 0 Å². The van der Waals surface area contributed by atoms with E-state index >= 15 is 0 Å². The topological polar surface area (TPSA) is 38.0 Å². The van der Waals surface area contributed by atoms with Crippen molar-refractivity contribution in [1.29, 1.82) is 0 Å². The molecule has 0 radical (unpaired) electrons. The average molecular weight is 148 g/mol. The molecule has 0 aromatic rings. The molecule has 3 N–H and O–H groups in total. The van der Waals surface area contributed by atoms with Crippen LogP contribution in [0.4, 0.5) is 4.39 Å². The monoisotopic (exact) mass is 148 g/mol. The molecule has 0 unspecified atom stereocenters. The van der Waals surface area contributed by atoms with Gasteiger partial charge in [-0.3, -0.25) is 4.39 Å². The summed E-state index contributed by atoms with van der Waals surface area (Å²) in [5.41, 5.74) is 5.47. The second kappa shape index (κ2) is 6.96. The third-order valence-electron chi connectivity index (χ3n) is 1.20. The molecule has 0 fully saturated rings. The van der Waals surface area contributed by atoms with E-state index in [4.69, 9.17) is 5.73 Å². The fraction of sp³-hybridized carbons (Fsp3) is 1.00. The van der Waals surface area contributed by atoms with Crippen LogP contribution in [0.25, 0.3) is 0 Å². The molecule has 0 aliphatic heterocycles. The van der Waals surface area contributed by atoms with Crippen molar-refractivity contribution in [2.45, 2.75) is 25.8 Å². The Bertz CT molecular complexity index is 66.6. The smallest absolute Gasteiger partial charge is 0.0894 e. The fourth-order valence-electron chi connectivity index (χ4n) is 0.674. The molecule has 0 saturated heterocycles. The zero-order chi connectivity index (χ0) is 7.82. The molecule has 0 amide bonds. The fourth-order valence-corrected chi connectivity index (χ4v) is 0.674. The van der Waals surface area contributed by atoms with E-state index in [1.54, 1.807) is 0 Å². The molecule has 0 heterocycles. The SMILES string of the molecule is C[C@@H](N)CNCCCCF. The minimum Gasteiger partial charge on any atom is -0.327 e. The first-order valence-corrected chi connectivity index (χ1v) is 3.79. The first-order chi connectivity index (χ1) is 4.77. The first kappa shape index (κ1) is 9.85. The van der Waals surface area contributed by atoms with E-state index in [1.807, 2.05) is 6.92 Å². The third-order valence-corrected chi connectivity index (χ3v) is 1.20. The number of hydrogen-bond donors (Lipinski definition) is 2. The van der Waals surface area contributed by atoms with Gasteiger partial charge in [0.25, 0.3) is 0 Å². The van der Waals surface area contributed by atoms with Crippen LogP contribution in [0.3, 0.4) is 0 Å². The van der Waals surface area contributed by atoms with Gasteiger partial charge in [-0.1, -0.05) is 0 Å². The third kappa shape index (κ3) is 7.85. The van der Waals surface area contributed by atoms with E-state index in [9.17, 15) is 4.39 Å². The second-order valence-corrected chi connectivity index (χ2v) is 2.58. The van der Waals surface area contributed by atoms with Gasteiger partial charge >= 0.3 is 0 Å². The predicted molar refractivity (Wildman–Crippen MR) is 41.7 cm³/mol. The van der Waals surface area contributed by atoms with Crippen LogP contribution in [0.2, 0.25) is 0 Å². The van der Waals surface area contributed by atoms with E-state index < -0.39 is 0 Å². The Balaban J connectivity index is 2.77. The van der Waals surface area contributed by atoms with Crippen molar-refractivity contribution in [2.24, 2.45) is 5.73 Å². The molecule has 0 aromatic heterocycles. The summed E-state index contributed by atoms with van der Waals surface area (Å²) in [5, 5.41) is 3.13. The Morgan fingerprint density at radius 3 is 2.70 bits per heavy atom. The maximum atomic E-state index is 11.5. The van der Waals surface area contributed by atoms with Crippen molar-refractivity contribution < 1.29 is 4.39 Å². The standard InChI is InChI=1S/C7H17FN2/c1-7(9)6-10-5-3-2-4-8/h7,10H,2-6,9H2,1H3/t7-/m1/s1. The molecule has 10 heavy (non-hydrogen) atoms. The largest absolute Gasteiger partial charge is 0.327 e. The molecule has 0 spiro atoms. The summed E-state index contributed by atoms with van der Waals surface area (Å²) in [7, 11) is 0. The highest BCUT2D eigenvalue weighted by Gasteiger charge is 1.91. The molecule has 3 heteroatoms. The van der Waals surface area contributed by atoms with Crippen molar-refractivity contribution in [3.63, 3.8) is 0 Å². The number of rotatable bonds is 6. The molecule has 1 atom stereocenters. The number of nitrogens with one attached hydrogen (secondary N) is 1. The van der Waals surface area contributed by atoms with Crippen LogP contribution in [0.1, 0.15) is 19.8 Å². The lowest BCUT2D eigenvalue weighted by molar-refractivity contribution is 0.453. The van der Waals surface area contributed by atoms with Crippen LogP contribution >= 0.6 is 0 Å². The van der Waals surface area contributed by atoms with Crippen molar-refractivity contribution in [3.8, 4) is 0 Å². The van der Waals surface area contributed by atoms with Crippen molar-refractivity contribution in [3.05, 3.63) is 0 Å². The maximum Gasteiger partial charge on any atom is 0.0894 e. The van der Waals surface area contributed by atoms with Gasteiger partial charge in [-0.25, -0.2) is 0 Å². The molecule has 0 bridgehead atoms. The van der Waals surface area contributed by atoms with Gasteiger partial charge in [0.05, 0.1) is 6.67 Å². The van der Waals surface area contributed by atoms with Crippen LogP contribution < -0.4 is 11.1 Å². The van der Waals surface area contributed by atoms with Gasteiger partial charge in [0, 0.05) is 12.6 Å². The van der Waals surface area contributed by atoms with Gasteiger partial charge in [0.15, 0.2) is 0 Å². The Labute approximate surface area is 62.0 Å². The van der Waals surface area contributed by atoms with Gasteiger partial charge in [0.1, 0.15) is 0 Å². The van der Waals surface area contributed by atoms with Crippen LogP contribution in [0.5, 0.6) is 0 Å². The van der Waals surface area contributed by atoms with Crippen molar-refractivity contribution in [1.82, 2.24) is 5.32 Å². The summed E-state index contributed by atoms with van der Waals surface area (Å²) in [5.74, 6) is 0. The highest BCUT2D eigenvalue weighted by molar-refractivity contribution is 4.56. The molecular formula is C7H17FN2. The zero-order valence-corrected chi connectivity index (χ0v) is 6.57. The maximum absolute atomic E-state index is 11.5.